The van der Waals surface area contributed by atoms with Crippen molar-refractivity contribution in [2.75, 3.05) is 6.26 Å². The van der Waals surface area contributed by atoms with Gasteiger partial charge in [0.15, 0.2) is 0 Å². The quantitative estimate of drug-likeness (QED) is 0.541. The second-order valence-corrected chi connectivity index (χ2v) is 5.76. The molecular weight excluding hydrogens is 311 g/mol. The van der Waals surface area contributed by atoms with Crippen LogP contribution in [0.1, 0.15) is 11.1 Å². The SMILES string of the molecule is Cc1cccc(C#CS(C)(=O)=O)c1I. The van der Waals surface area contributed by atoms with E-state index in [-0.39, 0.29) is 0 Å². The zero-order valence-corrected chi connectivity index (χ0v) is 10.8. The summed E-state index contributed by atoms with van der Waals surface area (Å²) in [7, 11) is -3.22. The van der Waals surface area contributed by atoms with Gasteiger partial charge in [-0.2, -0.15) is 0 Å². The van der Waals surface area contributed by atoms with Crippen molar-refractivity contribution >= 4 is 32.4 Å². The minimum absolute atomic E-state index is 0.760. The molecule has 74 valence electrons. The Morgan fingerprint density at radius 1 is 1.36 bits per heavy atom. The summed E-state index contributed by atoms with van der Waals surface area (Å²) in [6, 6.07) is 5.64. The lowest BCUT2D eigenvalue weighted by atomic mass is 10.1. The molecular formula is C10H9IO2S. The molecule has 0 heterocycles. The summed E-state index contributed by atoms with van der Waals surface area (Å²) in [6.07, 6.45) is 1.10. The summed E-state index contributed by atoms with van der Waals surface area (Å²) in [5.74, 6) is 2.65. The number of benzene rings is 1. The minimum Gasteiger partial charge on any atom is -0.216 e. The van der Waals surface area contributed by atoms with Crippen LogP contribution in [0.5, 0.6) is 0 Å². The van der Waals surface area contributed by atoms with Crippen LogP contribution in [0, 0.1) is 21.7 Å². The van der Waals surface area contributed by atoms with Gasteiger partial charge < -0.3 is 0 Å². The van der Waals surface area contributed by atoms with Crippen LogP contribution >= 0.6 is 22.6 Å². The monoisotopic (exact) mass is 320 g/mol. The molecule has 0 spiro atoms. The van der Waals surface area contributed by atoms with E-state index in [4.69, 9.17) is 0 Å². The summed E-state index contributed by atoms with van der Waals surface area (Å²) < 4.78 is 22.7. The van der Waals surface area contributed by atoms with Crippen LogP contribution in [0.2, 0.25) is 0 Å². The van der Waals surface area contributed by atoms with Crippen molar-refractivity contribution in [2.45, 2.75) is 6.92 Å². The van der Waals surface area contributed by atoms with Crippen molar-refractivity contribution in [2.24, 2.45) is 0 Å². The van der Waals surface area contributed by atoms with E-state index in [1.165, 1.54) is 0 Å². The molecule has 0 aromatic heterocycles. The highest BCUT2D eigenvalue weighted by molar-refractivity contribution is 14.1. The molecule has 1 aromatic carbocycles. The zero-order valence-electron chi connectivity index (χ0n) is 7.83. The average Bonchev–Trinajstić information content (AvgIpc) is 2.06. The first kappa shape index (κ1) is 11.5. The van der Waals surface area contributed by atoms with Gasteiger partial charge in [0.25, 0.3) is 0 Å². The second kappa shape index (κ2) is 4.32. The lowest BCUT2D eigenvalue weighted by Crippen LogP contribution is -1.91. The standard InChI is InChI=1S/C10H9IO2S/c1-8-4-3-5-9(10(8)11)6-7-14(2,12)13/h3-5H,1-2H3. The summed E-state index contributed by atoms with van der Waals surface area (Å²) in [4.78, 5) is 0. The van der Waals surface area contributed by atoms with Crippen LogP contribution in [-0.4, -0.2) is 14.7 Å². The number of rotatable bonds is 0. The molecule has 0 unspecified atom stereocenters. The van der Waals surface area contributed by atoms with Gasteiger partial charge in [0.2, 0.25) is 9.84 Å². The van der Waals surface area contributed by atoms with Crippen LogP contribution in [0.15, 0.2) is 18.2 Å². The Morgan fingerprint density at radius 3 is 2.57 bits per heavy atom. The highest BCUT2D eigenvalue weighted by atomic mass is 127. The van der Waals surface area contributed by atoms with Crippen LogP contribution in [-0.2, 0) is 9.84 Å². The van der Waals surface area contributed by atoms with Gasteiger partial charge in [0.1, 0.15) is 0 Å². The van der Waals surface area contributed by atoms with Crippen molar-refractivity contribution in [3.8, 4) is 11.2 Å². The second-order valence-electron chi connectivity index (χ2n) is 2.94. The lowest BCUT2D eigenvalue weighted by Gasteiger charge is -1.98. The molecule has 0 fully saturated rings. The molecule has 0 N–H and O–H groups in total. The largest absolute Gasteiger partial charge is 0.216 e. The van der Waals surface area contributed by atoms with Crippen molar-refractivity contribution < 1.29 is 8.42 Å². The number of sulfone groups is 1. The number of hydrogen-bond donors (Lipinski definition) is 0. The van der Waals surface area contributed by atoms with Gasteiger partial charge in [-0.1, -0.05) is 12.1 Å². The van der Waals surface area contributed by atoms with Gasteiger partial charge in [0, 0.05) is 14.4 Å². The third-order valence-corrected chi connectivity index (χ3v) is 3.47. The van der Waals surface area contributed by atoms with Crippen LogP contribution in [0.4, 0.5) is 0 Å². The molecule has 0 radical (unpaired) electrons. The van der Waals surface area contributed by atoms with Gasteiger partial charge >= 0.3 is 0 Å². The Labute approximate surface area is 97.8 Å². The molecule has 0 saturated heterocycles. The fourth-order valence-corrected chi connectivity index (χ4v) is 1.68. The van der Waals surface area contributed by atoms with E-state index in [0.29, 0.717) is 0 Å². The molecule has 14 heavy (non-hydrogen) atoms. The molecule has 1 aromatic rings. The van der Waals surface area contributed by atoms with Crippen LogP contribution in [0.3, 0.4) is 0 Å². The Bertz CT molecular complexity index is 507. The predicted molar refractivity (Wildman–Crippen MR) is 65.6 cm³/mol. The smallest absolute Gasteiger partial charge is 0.214 e. The van der Waals surface area contributed by atoms with Gasteiger partial charge in [-0.15, -0.1) is 0 Å². The number of halogens is 1. The van der Waals surface area contributed by atoms with E-state index in [0.717, 1.165) is 21.0 Å². The van der Waals surface area contributed by atoms with Gasteiger partial charge in [-0.05, 0) is 47.1 Å². The predicted octanol–water partition coefficient (Wildman–Crippen LogP) is 1.95. The lowest BCUT2D eigenvalue weighted by molar-refractivity contribution is 0.611. The summed E-state index contributed by atoms with van der Waals surface area (Å²) >= 11 is 2.16. The van der Waals surface area contributed by atoms with E-state index in [1.807, 2.05) is 25.1 Å². The first-order valence-electron chi connectivity index (χ1n) is 3.88. The molecule has 0 atom stereocenters. The first-order chi connectivity index (χ1) is 6.40. The average molecular weight is 320 g/mol. The first-order valence-corrected chi connectivity index (χ1v) is 6.85. The molecule has 4 heteroatoms. The van der Waals surface area contributed by atoms with Gasteiger partial charge in [-0.25, -0.2) is 8.42 Å². The van der Waals surface area contributed by atoms with E-state index < -0.39 is 9.84 Å². The summed E-state index contributed by atoms with van der Waals surface area (Å²) in [6.45, 7) is 1.97. The third-order valence-electron chi connectivity index (χ3n) is 1.56. The molecule has 0 aliphatic carbocycles. The molecule has 0 bridgehead atoms. The van der Waals surface area contributed by atoms with E-state index >= 15 is 0 Å². The molecule has 2 nitrogen and oxygen atoms in total. The summed E-state index contributed by atoms with van der Waals surface area (Å²) in [5, 5.41) is 2.22. The highest BCUT2D eigenvalue weighted by Gasteiger charge is 1.99. The summed E-state index contributed by atoms with van der Waals surface area (Å²) in [5.41, 5.74) is 1.86. The molecule has 0 amide bonds. The Morgan fingerprint density at radius 2 is 2.00 bits per heavy atom. The molecule has 0 aliphatic heterocycles. The molecule has 0 aliphatic rings. The highest BCUT2D eigenvalue weighted by Crippen LogP contribution is 2.15. The third kappa shape index (κ3) is 3.31. The minimum atomic E-state index is -3.22. The van der Waals surface area contributed by atoms with Crippen molar-refractivity contribution in [1.82, 2.24) is 0 Å². The maximum absolute atomic E-state index is 10.8. The maximum atomic E-state index is 10.8. The molecule has 0 saturated carbocycles. The zero-order chi connectivity index (χ0) is 10.8. The Kier molecular flexibility index (Phi) is 3.56. The van der Waals surface area contributed by atoms with Crippen molar-refractivity contribution in [3.05, 3.63) is 32.9 Å². The maximum Gasteiger partial charge on any atom is 0.214 e. The fourth-order valence-electron chi connectivity index (χ4n) is 0.892. The van der Waals surface area contributed by atoms with Gasteiger partial charge in [0.05, 0.1) is 6.26 Å². The van der Waals surface area contributed by atoms with E-state index in [9.17, 15) is 8.42 Å². The Hall–Kier alpha value is -0.540. The van der Waals surface area contributed by atoms with E-state index in [2.05, 4.69) is 33.8 Å². The van der Waals surface area contributed by atoms with Crippen molar-refractivity contribution in [3.63, 3.8) is 0 Å². The van der Waals surface area contributed by atoms with Crippen LogP contribution in [0.25, 0.3) is 0 Å². The fraction of sp³-hybridized carbons (Fsp3) is 0.200. The van der Waals surface area contributed by atoms with Gasteiger partial charge in [-0.3, -0.25) is 0 Å². The topological polar surface area (TPSA) is 34.1 Å². The number of hydrogen-bond acceptors (Lipinski definition) is 2. The molecule has 1 rings (SSSR count). The number of aryl methyl sites for hydroxylation is 1. The van der Waals surface area contributed by atoms with E-state index in [1.54, 1.807) is 0 Å². The Balaban J connectivity index is 3.21. The van der Waals surface area contributed by atoms with Crippen LogP contribution < -0.4 is 0 Å². The van der Waals surface area contributed by atoms with Crippen molar-refractivity contribution in [1.29, 1.82) is 0 Å². The normalized spacial score (nSPS) is 10.5.